The van der Waals surface area contributed by atoms with Crippen molar-refractivity contribution in [3.63, 3.8) is 0 Å². The fraction of sp³-hybridized carbons (Fsp3) is 0.286. The van der Waals surface area contributed by atoms with Gasteiger partial charge in [0.25, 0.3) is 5.56 Å². The zero-order valence-corrected chi connectivity index (χ0v) is 11.4. The number of aromatic nitrogens is 2. The molecule has 0 fully saturated rings. The third-order valence-corrected chi connectivity index (χ3v) is 3.04. The van der Waals surface area contributed by atoms with E-state index in [1.54, 1.807) is 12.1 Å². The van der Waals surface area contributed by atoms with Gasteiger partial charge in [0.15, 0.2) is 0 Å². The van der Waals surface area contributed by atoms with Crippen molar-refractivity contribution in [3.05, 3.63) is 56.6 Å². The van der Waals surface area contributed by atoms with Gasteiger partial charge in [-0.2, -0.15) is 4.98 Å². The van der Waals surface area contributed by atoms with E-state index in [-0.39, 0.29) is 11.4 Å². The van der Waals surface area contributed by atoms with Crippen molar-refractivity contribution in [1.29, 1.82) is 0 Å². The minimum absolute atomic E-state index is 0.178. The number of rotatable bonds is 4. The molecule has 0 bridgehead atoms. The molecule has 2 N–H and O–H groups in total. The highest BCUT2D eigenvalue weighted by atomic mass is 35.5. The van der Waals surface area contributed by atoms with Gasteiger partial charge in [-0.05, 0) is 24.1 Å². The number of H-pyrrole nitrogens is 1. The molecule has 0 aliphatic rings. The Morgan fingerprint density at radius 1 is 1.42 bits per heavy atom. The average Bonchev–Trinajstić information content (AvgIpc) is 2.34. The second-order valence-electron chi connectivity index (χ2n) is 4.37. The molecule has 1 aromatic heterocycles. The van der Waals surface area contributed by atoms with Crippen molar-refractivity contribution >= 4 is 11.6 Å². The fourth-order valence-electron chi connectivity index (χ4n) is 1.93. The Bertz CT molecular complexity index is 638. The summed E-state index contributed by atoms with van der Waals surface area (Å²) in [4.78, 5) is 18.6. The van der Waals surface area contributed by atoms with Crippen LogP contribution in [-0.2, 0) is 12.8 Å². The Hall–Kier alpha value is -1.81. The molecule has 100 valence electrons. The number of benzene rings is 1. The molecule has 0 atom stereocenters. The molecule has 0 spiro atoms. The van der Waals surface area contributed by atoms with E-state index >= 15 is 0 Å². The SMILES string of the molecule is CCCc1c(O)nc(Cc2cccc(Cl)c2)[nH]c1=O. The lowest BCUT2D eigenvalue weighted by Gasteiger charge is -2.05. The molecule has 1 heterocycles. The maximum Gasteiger partial charge on any atom is 0.257 e. The average molecular weight is 279 g/mol. The van der Waals surface area contributed by atoms with Crippen LogP contribution in [0.25, 0.3) is 0 Å². The fourth-order valence-corrected chi connectivity index (χ4v) is 2.14. The van der Waals surface area contributed by atoms with Gasteiger partial charge in [-0.15, -0.1) is 0 Å². The molecule has 0 aliphatic carbocycles. The van der Waals surface area contributed by atoms with Crippen LogP contribution in [0.1, 0.15) is 30.3 Å². The first-order chi connectivity index (χ1) is 9.10. The van der Waals surface area contributed by atoms with E-state index in [9.17, 15) is 9.90 Å². The predicted octanol–water partition coefficient (Wildman–Crippen LogP) is 2.67. The first-order valence-electron chi connectivity index (χ1n) is 6.15. The number of halogens is 1. The van der Waals surface area contributed by atoms with Crippen LogP contribution in [0.15, 0.2) is 29.1 Å². The third kappa shape index (κ3) is 3.35. The van der Waals surface area contributed by atoms with Crippen LogP contribution in [0.4, 0.5) is 0 Å². The molecule has 0 saturated carbocycles. The van der Waals surface area contributed by atoms with Crippen LogP contribution >= 0.6 is 11.6 Å². The Labute approximate surface area is 116 Å². The summed E-state index contributed by atoms with van der Waals surface area (Å²) in [6, 6.07) is 7.31. The second-order valence-corrected chi connectivity index (χ2v) is 4.81. The molecule has 0 saturated heterocycles. The van der Waals surface area contributed by atoms with E-state index in [1.807, 2.05) is 19.1 Å². The first-order valence-corrected chi connectivity index (χ1v) is 6.53. The maximum atomic E-state index is 11.8. The minimum Gasteiger partial charge on any atom is -0.493 e. The lowest BCUT2D eigenvalue weighted by molar-refractivity contribution is 0.439. The van der Waals surface area contributed by atoms with Crippen molar-refractivity contribution < 1.29 is 5.11 Å². The molecule has 0 radical (unpaired) electrons. The second kappa shape index (κ2) is 5.89. The molecule has 2 rings (SSSR count). The number of hydrogen-bond acceptors (Lipinski definition) is 3. The zero-order valence-electron chi connectivity index (χ0n) is 10.6. The molecular formula is C14H15ClN2O2. The molecule has 5 heteroatoms. The molecule has 2 aromatic rings. The van der Waals surface area contributed by atoms with Gasteiger partial charge in [0.2, 0.25) is 5.88 Å². The first kappa shape index (κ1) is 13.6. The third-order valence-electron chi connectivity index (χ3n) is 2.80. The van der Waals surface area contributed by atoms with Gasteiger partial charge in [0.05, 0.1) is 5.56 Å². The summed E-state index contributed by atoms with van der Waals surface area (Å²) in [6.07, 6.45) is 1.73. The van der Waals surface area contributed by atoms with E-state index in [2.05, 4.69) is 9.97 Å². The Kier molecular flexibility index (Phi) is 4.22. The van der Waals surface area contributed by atoms with Crippen molar-refractivity contribution in [2.75, 3.05) is 0 Å². The van der Waals surface area contributed by atoms with Crippen molar-refractivity contribution in [2.45, 2.75) is 26.2 Å². The lowest BCUT2D eigenvalue weighted by Crippen LogP contribution is -2.17. The Morgan fingerprint density at radius 2 is 2.21 bits per heavy atom. The molecule has 19 heavy (non-hydrogen) atoms. The molecular weight excluding hydrogens is 264 g/mol. The summed E-state index contributed by atoms with van der Waals surface area (Å²) in [5, 5.41) is 10.4. The Balaban J connectivity index is 2.29. The van der Waals surface area contributed by atoms with Crippen LogP contribution in [0.5, 0.6) is 5.88 Å². The highest BCUT2D eigenvalue weighted by molar-refractivity contribution is 6.30. The van der Waals surface area contributed by atoms with E-state index in [4.69, 9.17) is 11.6 Å². The maximum absolute atomic E-state index is 11.8. The van der Waals surface area contributed by atoms with Gasteiger partial charge >= 0.3 is 0 Å². The molecule has 4 nitrogen and oxygen atoms in total. The van der Waals surface area contributed by atoms with Gasteiger partial charge in [-0.3, -0.25) is 4.79 Å². The van der Waals surface area contributed by atoms with Gasteiger partial charge in [0.1, 0.15) is 5.82 Å². The van der Waals surface area contributed by atoms with Crippen LogP contribution in [0.2, 0.25) is 5.02 Å². The van der Waals surface area contributed by atoms with Crippen molar-refractivity contribution in [1.82, 2.24) is 9.97 Å². The van der Waals surface area contributed by atoms with Crippen LogP contribution in [-0.4, -0.2) is 15.1 Å². The van der Waals surface area contributed by atoms with Crippen LogP contribution in [0, 0.1) is 0 Å². The molecule has 1 aromatic carbocycles. The summed E-state index contributed by atoms with van der Waals surface area (Å²) < 4.78 is 0. The lowest BCUT2D eigenvalue weighted by atomic mass is 10.1. The number of nitrogens with zero attached hydrogens (tertiary/aromatic N) is 1. The predicted molar refractivity (Wildman–Crippen MR) is 74.8 cm³/mol. The van der Waals surface area contributed by atoms with Gasteiger partial charge in [-0.25, -0.2) is 0 Å². The summed E-state index contributed by atoms with van der Waals surface area (Å²) in [5.74, 6) is 0.257. The molecule has 0 unspecified atom stereocenters. The van der Waals surface area contributed by atoms with Gasteiger partial charge in [-0.1, -0.05) is 37.1 Å². The van der Waals surface area contributed by atoms with E-state index in [0.717, 1.165) is 12.0 Å². The normalized spacial score (nSPS) is 10.6. The molecule has 0 aliphatic heterocycles. The molecule has 0 amide bonds. The number of aromatic hydroxyl groups is 1. The number of nitrogens with one attached hydrogen (secondary N) is 1. The van der Waals surface area contributed by atoms with Crippen molar-refractivity contribution in [3.8, 4) is 5.88 Å². The van der Waals surface area contributed by atoms with Crippen molar-refractivity contribution in [2.24, 2.45) is 0 Å². The van der Waals surface area contributed by atoms with Gasteiger partial charge in [0, 0.05) is 11.4 Å². The number of aromatic amines is 1. The minimum atomic E-state index is -0.272. The van der Waals surface area contributed by atoms with Gasteiger partial charge < -0.3 is 10.1 Å². The monoisotopic (exact) mass is 278 g/mol. The highest BCUT2D eigenvalue weighted by Crippen LogP contribution is 2.15. The van der Waals surface area contributed by atoms with Crippen LogP contribution < -0.4 is 5.56 Å². The van der Waals surface area contributed by atoms with E-state index < -0.39 is 0 Å². The summed E-state index contributed by atoms with van der Waals surface area (Å²) >= 11 is 5.90. The summed E-state index contributed by atoms with van der Waals surface area (Å²) in [6.45, 7) is 1.94. The Morgan fingerprint density at radius 3 is 2.84 bits per heavy atom. The van der Waals surface area contributed by atoms with E-state index in [1.165, 1.54) is 0 Å². The smallest absolute Gasteiger partial charge is 0.257 e. The topological polar surface area (TPSA) is 66.0 Å². The largest absolute Gasteiger partial charge is 0.493 e. The van der Waals surface area contributed by atoms with Crippen LogP contribution in [0.3, 0.4) is 0 Å². The summed E-state index contributed by atoms with van der Waals surface area (Å²) in [7, 11) is 0. The highest BCUT2D eigenvalue weighted by Gasteiger charge is 2.10. The summed E-state index contributed by atoms with van der Waals surface area (Å²) in [5.41, 5.74) is 1.00. The quantitative estimate of drug-likeness (QED) is 0.904. The number of hydrogen-bond donors (Lipinski definition) is 2. The van der Waals surface area contributed by atoms with E-state index in [0.29, 0.717) is 29.3 Å². The standard InChI is InChI=1S/C14H15ClN2O2/c1-2-4-11-13(18)16-12(17-14(11)19)8-9-5-3-6-10(15)7-9/h3,5-7H,2,4,8H2,1H3,(H2,16,17,18,19). The zero-order chi connectivity index (χ0) is 13.8.